The minimum atomic E-state index is -0.754. The van der Waals surface area contributed by atoms with E-state index >= 15 is 0 Å². The van der Waals surface area contributed by atoms with Crippen molar-refractivity contribution in [2.24, 2.45) is 11.8 Å². The van der Waals surface area contributed by atoms with Gasteiger partial charge in [0.15, 0.2) is 0 Å². The number of hydrogen-bond donors (Lipinski definition) is 3. The van der Waals surface area contributed by atoms with E-state index in [4.69, 9.17) is 0 Å². The Morgan fingerprint density at radius 1 is 0.909 bits per heavy atom. The molecule has 66 valence electrons. The molecule has 0 saturated heterocycles. The zero-order valence-corrected chi connectivity index (χ0v) is 6.94. The summed E-state index contributed by atoms with van der Waals surface area (Å²) in [5.74, 6) is 0.0575. The van der Waals surface area contributed by atoms with Crippen LogP contribution < -0.4 is 0 Å². The van der Waals surface area contributed by atoms with Crippen LogP contribution in [0.25, 0.3) is 0 Å². The van der Waals surface area contributed by atoms with Crippen LogP contribution in [0.2, 0.25) is 0 Å². The largest absolute Gasteiger partial charge is 0.393 e. The maximum Gasteiger partial charge on any atom is 0.0829 e. The van der Waals surface area contributed by atoms with Gasteiger partial charge in [0.25, 0.3) is 0 Å². The quantitative estimate of drug-likeness (QED) is 0.458. The second-order valence-electron chi connectivity index (χ2n) is 3.58. The Kier molecular flexibility index (Phi) is 2.52. The summed E-state index contributed by atoms with van der Waals surface area (Å²) in [4.78, 5) is 0. The molecule has 5 atom stereocenters. The lowest BCUT2D eigenvalue weighted by Crippen LogP contribution is -2.46. The van der Waals surface area contributed by atoms with E-state index in [0.29, 0.717) is 6.42 Å². The van der Waals surface area contributed by atoms with Crippen molar-refractivity contribution in [2.45, 2.75) is 38.6 Å². The Hall–Kier alpha value is -0.120. The summed E-state index contributed by atoms with van der Waals surface area (Å²) in [6.45, 7) is 3.74. The van der Waals surface area contributed by atoms with Crippen LogP contribution in [0.1, 0.15) is 20.3 Å². The Morgan fingerprint density at radius 3 is 2.00 bits per heavy atom. The average molecular weight is 160 g/mol. The molecular formula is C8H16O3. The topological polar surface area (TPSA) is 60.7 Å². The van der Waals surface area contributed by atoms with Crippen LogP contribution >= 0.6 is 0 Å². The molecule has 2 unspecified atom stereocenters. The zero-order chi connectivity index (χ0) is 8.59. The Balaban J connectivity index is 2.63. The van der Waals surface area contributed by atoms with Gasteiger partial charge in [-0.05, 0) is 11.8 Å². The summed E-state index contributed by atoms with van der Waals surface area (Å²) in [5.41, 5.74) is 0. The fourth-order valence-corrected chi connectivity index (χ4v) is 1.61. The molecule has 1 saturated carbocycles. The normalized spacial score (nSPS) is 52.6. The monoisotopic (exact) mass is 160 g/mol. The maximum atomic E-state index is 9.37. The number of aliphatic hydroxyl groups excluding tert-OH is 3. The third-order valence-corrected chi connectivity index (χ3v) is 2.85. The molecule has 0 aromatic carbocycles. The van der Waals surface area contributed by atoms with E-state index in [1.54, 1.807) is 0 Å². The Bertz CT molecular complexity index is 123. The highest BCUT2D eigenvalue weighted by atomic mass is 16.3. The molecule has 0 aromatic rings. The van der Waals surface area contributed by atoms with Crippen LogP contribution in [0.15, 0.2) is 0 Å². The van der Waals surface area contributed by atoms with E-state index in [9.17, 15) is 15.3 Å². The van der Waals surface area contributed by atoms with Gasteiger partial charge >= 0.3 is 0 Å². The van der Waals surface area contributed by atoms with Crippen LogP contribution in [0.4, 0.5) is 0 Å². The van der Waals surface area contributed by atoms with Gasteiger partial charge < -0.3 is 15.3 Å². The second-order valence-corrected chi connectivity index (χ2v) is 3.58. The molecule has 0 aromatic heterocycles. The Morgan fingerprint density at radius 2 is 1.45 bits per heavy atom. The first-order valence-corrected chi connectivity index (χ1v) is 4.08. The fourth-order valence-electron chi connectivity index (χ4n) is 1.61. The van der Waals surface area contributed by atoms with E-state index in [2.05, 4.69) is 0 Å². The number of aliphatic hydroxyl groups is 3. The highest BCUT2D eigenvalue weighted by Crippen LogP contribution is 2.29. The molecule has 1 aliphatic carbocycles. The second kappa shape index (κ2) is 3.09. The smallest absolute Gasteiger partial charge is 0.0829 e. The molecule has 1 aliphatic rings. The van der Waals surface area contributed by atoms with Gasteiger partial charge in [-0.25, -0.2) is 0 Å². The maximum absolute atomic E-state index is 9.37. The van der Waals surface area contributed by atoms with Crippen LogP contribution in [0.3, 0.4) is 0 Å². The first-order chi connectivity index (χ1) is 5.04. The number of rotatable bonds is 0. The van der Waals surface area contributed by atoms with Gasteiger partial charge in [-0.3, -0.25) is 0 Å². The van der Waals surface area contributed by atoms with Crippen molar-refractivity contribution in [2.75, 3.05) is 0 Å². The predicted molar refractivity (Wildman–Crippen MR) is 41.0 cm³/mol. The first kappa shape index (κ1) is 8.97. The molecule has 0 spiro atoms. The van der Waals surface area contributed by atoms with Crippen LogP contribution in [0.5, 0.6) is 0 Å². The highest BCUT2D eigenvalue weighted by Gasteiger charge is 2.37. The molecule has 0 amide bonds. The van der Waals surface area contributed by atoms with Gasteiger partial charge in [-0.1, -0.05) is 13.8 Å². The van der Waals surface area contributed by atoms with Crippen molar-refractivity contribution in [3.05, 3.63) is 0 Å². The molecule has 1 rings (SSSR count). The molecule has 0 bridgehead atoms. The molecule has 0 aliphatic heterocycles. The lowest BCUT2D eigenvalue weighted by Gasteiger charge is -2.37. The van der Waals surface area contributed by atoms with E-state index in [1.165, 1.54) is 0 Å². The summed E-state index contributed by atoms with van der Waals surface area (Å²) in [5, 5.41) is 28.0. The number of hydrogen-bond acceptors (Lipinski definition) is 3. The van der Waals surface area contributed by atoms with Gasteiger partial charge in [0.05, 0.1) is 18.3 Å². The van der Waals surface area contributed by atoms with E-state index < -0.39 is 18.3 Å². The molecule has 3 nitrogen and oxygen atoms in total. The van der Waals surface area contributed by atoms with E-state index in [0.717, 1.165) is 0 Å². The minimum absolute atomic E-state index is 0.0197. The predicted octanol–water partition coefficient (Wildman–Crippen LogP) is -0.255. The molecular weight excluding hydrogens is 144 g/mol. The summed E-state index contributed by atoms with van der Waals surface area (Å²) < 4.78 is 0. The van der Waals surface area contributed by atoms with E-state index in [1.807, 2.05) is 13.8 Å². The van der Waals surface area contributed by atoms with Crippen molar-refractivity contribution in [1.82, 2.24) is 0 Å². The lowest BCUT2D eigenvalue weighted by molar-refractivity contribution is -0.105. The molecule has 3 N–H and O–H groups in total. The third-order valence-electron chi connectivity index (χ3n) is 2.85. The van der Waals surface area contributed by atoms with Gasteiger partial charge in [-0.2, -0.15) is 0 Å². The van der Waals surface area contributed by atoms with Crippen LogP contribution in [-0.2, 0) is 0 Å². The SMILES string of the molecule is CC1C(C)[C@H](O)[C@H](O)C[C@@H]1O. The Labute approximate surface area is 66.7 Å². The lowest BCUT2D eigenvalue weighted by atomic mass is 9.76. The molecule has 0 heterocycles. The summed E-state index contributed by atoms with van der Waals surface area (Å²) in [7, 11) is 0. The van der Waals surface area contributed by atoms with Crippen molar-refractivity contribution in [3.8, 4) is 0 Å². The standard InChI is InChI=1S/C8H16O3/c1-4-5(2)8(11)7(10)3-6(4)9/h4-11H,3H2,1-2H3/t4?,5?,6-,7+,8-/m0/s1. The van der Waals surface area contributed by atoms with Gasteiger partial charge in [-0.15, -0.1) is 0 Å². The third kappa shape index (κ3) is 1.55. The average Bonchev–Trinajstić information content (AvgIpc) is 1.97. The fraction of sp³-hybridized carbons (Fsp3) is 1.00. The van der Waals surface area contributed by atoms with Crippen molar-refractivity contribution in [3.63, 3.8) is 0 Å². The van der Waals surface area contributed by atoms with Crippen molar-refractivity contribution >= 4 is 0 Å². The highest BCUT2D eigenvalue weighted by molar-refractivity contribution is 4.87. The summed E-state index contributed by atoms with van der Waals surface area (Å²) in [6, 6.07) is 0. The van der Waals surface area contributed by atoms with E-state index in [-0.39, 0.29) is 11.8 Å². The minimum Gasteiger partial charge on any atom is -0.393 e. The van der Waals surface area contributed by atoms with Crippen molar-refractivity contribution in [1.29, 1.82) is 0 Å². The molecule has 11 heavy (non-hydrogen) atoms. The van der Waals surface area contributed by atoms with Gasteiger partial charge in [0.2, 0.25) is 0 Å². The first-order valence-electron chi connectivity index (χ1n) is 4.08. The van der Waals surface area contributed by atoms with Gasteiger partial charge in [0, 0.05) is 6.42 Å². The summed E-state index contributed by atoms with van der Waals surface area (Å²) in [6.07, 6.45) is -1.60. The van der Waals surface area contributed by atoms with Crippen LogP contribution in [0, 0.1) is 11.8 Å². The summed E-state index contributed by atoms with van der Waals surface area (Å²) >= 11 is 0. The zero-order valence-electron chi connectivity index (χ0n) is 6.94. The van der Waals surface area contributed by atoms with Crippen molar-refractivity contribution < 1.29 is 15.3 Å². The van der Waals surface area contributed by atoms with Gasteiger partial charge in [0.1, 0.15) is 0 Å². The molecule has 0 radical (unpaired) electrons. The van der Waals surface area contributed by atoms with Crippen LogP contribution in [-0.4, -0.2) is 33.6 Å². The molecule has 1 fully saturated rings. The molecule has 3 heteroatoms.